The van der Waals surface area contributed by atoms with Crippen molar-refractivity contribution in [2.24, 2.45) is 0 Å². The Morgan fingerprint density at radius 2 is 1.17 bits per heavy atom. The predicted octanol–water partition coefficient (Wildman–Crippen LogP) is 5.82. The van der Waals surface area contributed by atoms with Crippen molar-refractivity contribution < 1.29 is 9.47 Å². The Bertz CT molecular complexity index is 640. The van der Waals surface area contributed by atoms with Crippen LogP contribution in [0.25, 0.3) is 0 Å². The zero-order valence-corrected chi connectivity index (χ0v) is 15.8. The lowest BCUT2D eigenvalue weighted by molar-refractivity contribution is 0.411. The Morgan fingerprint density at radius 1 is 0.783 bits per heavy atom. The number of halogens is 3. The van der Waals surface area contributed by atoms with Crippen LogP contribution in [-0.4, -0.2) is 18.0 Å². The van der Waals surface area contributed by atoms with Crippen LogP contribution in [-0.2, 0) is 0 Å². The van der Waals surface area contributed by atoms with Crippen LogP contribution in [0.3, 0.4) is 0 Å². The van der Waals surface area contributed by atoms with Crippen LogP contribution in [0.15, 0.2) is 36.4 Å². The fourth-order valence-corrected chi connectivity index (χ4v) is 3.49. The molecule has 0 bridgehead atoms. The quantitative estimate of drug-likeness (QED) is 0.628. The summed E-state index contributed by atoms with van der Waals surface area (Å²) in [6, 6.07) is 11.6. The topological polar surface area (TPSA) is 18.5 Å². The van der Waals surface area contributed by atoms with Crippen LogP contribution < -0.4 is 9.47 Å². The van der Waals surface area contributed by atoms with E-state index >= 15 is 0 Å². The number of hydrogen-bond donors (Lipinski definition) is 0. The number of hydrogen-bond acceptors (Lipinski definition) is 2. The van der Waals surface area contributed by atoms with Gasteiger partial charge in [0.05, 0.1) is 20.1 Å². The normalized spacial score (nSPS) is 11.7. The number of rotatable bonds is 4. The third-order valence-electron chi connectivity index (χ3n) is 3.83. The molecule has 23 heavy (non-hydrogen) atoms. The summed E-state index contributed by atoms with van der Waals surface area (Å²) >= 11 is 18.9. The molecule has 0 fully saturated rings. The first-order valence-corrected chi connectivity index (χ1v) is 8.27. The molecule has 2 aromatic rings. The van der Waals surface area contributed by atoms with Crippen LogP contribution in [0.1, 0.15) is 28.2 Å². The Balaban J connectivity index is 2.54. The Morgan fingerprint density at radius 3 is 1.43 bits per heavy atom. The molecule has 0 unspecified atom stereocenters. The molecule has 0 aliphatic heterocycles. The molecule has 2 nitrogen and oxygen atoms in total. The molecule has 0 aliphatic rings. The van der Waals surface area contributed by atoms with Crippen molar-refractivity contribution in [3.8, 4) is 11.5 Å². The third-order valence-corrected chi connectivity index (χ3v) is 4.49. The van der Waals surface area contributed by atoms with Gasteiger partial charge in [-0.2, -0.15) is 0 Å². The highest BCUT2D eigenvalue weighted by Gasteiger charge is 2.35. The van der Waals surface area contributed by atoms with E-state index in [0.29, 0.717) is 0 Å². The SMILES string of the molecule is COc1ccc(C(c2ccc(OC)c(C)c2)C(Cl)(Cl)Cl)cc1C. The van der Waals surface area contributed by atoms with Gasteiger partial charge >= 0.3 is 0 Å². The zero-order valence-electron chi connectivity index (χ0n) is 13.5. The largest absolute Gasteiger partial charge is 0.496 e. The first-order chi connectivity index (χ1) is 10.8. The molecule has 0 aliphatic carbocycles. The number of alkyl halides is 3. The van der Waals surface area contributed by atoms with Crippen molar-refractivity contribution in [1.82, 2.24) is 0 Å². The predicted molar refractivity (Wildman–Crippen MR) is 97.6 cm³/mol. The monoisotopic (exact) mass is 372 g/mol. The standard InChI is InChI=1S/C18H19Cl3O2/c1-11-9-13(5-7-15(11)22-3)17(18(19,20)21)14-6-8-16(23-4)12(2)10-14/h5-10,17H,1-4H3. The van der Waals surface area contributed by atoms with E-state index in [2.05, 4.69) is 0 Å². The summed E-state index contributed by atoms with van der Waals surface area (Å²) in [4.78, 5) is 0. The summed E-state index contributed by atoms with van der Waals surface area (Å²) in [6.45, 7) is 3.94. The van der Waals surface area contributed by atoms with Gasteiger partial charge in [-0.15, -0.1) is 0 Å². The molecule has 0 heterocycles. The van der Waals surface area contributed by atoms with Crippen molar-refractivity contribution in [3.05, 3.63) is 58.7 Å². The van der Waals surface area contributed by atoms with Gasteiger partial charge in [0, 0.05) is 0 Å². The average molecular weight is 374 g/mol. The van der Waals surface area contributed by atoms with E-state index in [1.165, 1.54) is 0 Å². The van der Waals surface area contributed by atoms with Gasteiger partial charge in [0.15, 0.2) is 0 Å². The van der Waals surface area contributed by atoms with Crippen molar-refractivity contribution in [3.63, 3.8) is 0 Å². The van der Waals surface area contributed by atoms with Gasteiger partial charge in [-0.3, -0.25) is 0 Å². The second kappa shape index (κ2) is 7.21. The molecule has 0 radical (unpaired) electrons. The minimum atomic E-state index is -1.47. The summed E-state index contributed by atoms with van der Waals surface area (Å²) in [5.41, 5.74) is 3.84. The van der Waals surface area contributed by atoms with E-state index in [4.69, 9.17) is 44.3 Å². The van der Waals surface area contributed by atoms with E-state index in [1.54, 1.807) is 14.2 Å². The lowest BCUT2D eigenvalue weighted by Gasteiger charge is -2.26. The molecular weight excluding hydrogens is 355 g/mol. The molecule has 2 rings (SSSR count). The summed E-state index contributed by atoms with van der Waals surface area (Å²) in [6.07, 6.45) is 0. The average Bonchev–Trinajstić information content (AvgIpc) is 2.46. The second-order valence-electron chi connectivity index (χ2n) is 5.43. The zero-order chi connectivity index (χ0) is 17.2. The maximum Gasteiger partial charge on any atom is 0.201 e. The van der Waals surface area contributed by atoms with Crippen LogP contribution in [0.2, 0.25) is 0 Å². The lowest BCUT2D eigenvalue weighted by atomic mass is 9.90. The van der Waals surface area contributed by atoms with Crippen molar-refractivity contribution in [2.45, 2.75) is 23.6 Å². The Hall–Kier alpha value is -1.09. The minimum Gasteiger partial charge on any atom is -0.496 e. The van der Waals surface area contributed by atoms with Gasteiger partial charge in [0.25, 0.3) is 0 Å². The van der Waals surface area contributed by atoms with E-state index in [0.717, 1.165) is 33.8 Å². The van der Waals surface area contributed by atoms with Gasteiger partial charge in [0.1, 0.15) is 11.5 Å². The summed E-state index contributed by atoms with van der Waals surface area (Å²) in [7, 11) is 3.28. The molecule has 0 N–H and O–H groups in total. The summed E-state index contributed by atoms with van der Waals surface area (Å²) in [5.74, 6) is 1.23. The maximum absolute atomic E-state index is 6.29. The van der Waals surface area contributed by atoms with Crippen LogP contribution in [0.4, 0.5) is 0 Å². The fraction of sp³-hybridized carbons (Fsp3) is 0.333. The van der Waals surface area contributed by atoms with E-state index in [-0.39, 0.29) is 5.92 Å². The molecule has 0 spiro atoms. The highest BCUT2D eigenvalue weighted by Crippen LogP contribution is 2.46. The molecule has 0 atom stereocenters. The molecule has 2 aromatic carbocycles. The molecule has 5 heteroatoms. The Kier molecular flexibility index (Phi) is 5.72. The van der Waals surface area contributed by atoms with Crippen LogP contribution in [0.5, 0.6) is 11.5 Å². The van der Waals surface area contributed by atoms with Gasteiger partial charge in [-0.1, -0.05) is 59.1 Å². The molecular formula is C18H19Cl3O2. The first-order valence-electron chi connectivity index (χ1n) is 7.13. The van der Waals surface area contributed by atoms with Gasteiger partial charge < -0.3 is 9.47 Å². The first kappa shape index (κ1) is 18.3. The summed E-state index contributed by atoms with van der Waals surface area (Å²) < 4.78 is 9.14. The smallest absolute Gasteiger partial charge is 0.201 e. The number of ether oxygens (including phenoxy) is 2. The van der Waals surface area contributed by atoms with E-state index < -0.39 is 3.79 Å². The van der Waals surface area contributed by atoms with Gasteiger partial charge in [0.2, 0.25) is 3.79 Å². The van der Waals surface area contributed by atoms with Gasteiger partial charge in [-0.05, 0) is 48.2 Å². The van der Waals surface area contributed by atoms with Crippen molar-refractivity contribution in [2.75, 3.05) is 14.2 Å². The fourth-order valence-electron chi connectivity index (χ4n) is 2.73. The number of methoxy groups -OCH3 is 2. The van der Waals surface area contributed by atoms with Crippen LogP contribution in [0, 0.1) is 13.8 Å². The molecule has 0 aromatic heterocycles. The number of aryl methyl sites for hydroxylation is 2. The highest BCUT2D eigenvalue weighted by atomic mass is 35.6. The van der Waals surface area contributed by atoms with Crippen LogP contribution >= 0.6 is 34.8 Å². The minimum absolute atomic E-state index is 0.387. The van der Waals surface area contributed by atoms with Gasteiger partial charge in [-0.25, -0.2) is 0 Å². The maximum atomic E-state index is 6.29. The molecule has 124 valence electrons. The second-order valence-corrected chi connectivity index (χ2v) is 7.80. The van der Waals surface area contributed by atoms with E-state index in [9.17, 15) is 0 Å². The van der Waals surface area contributed by atoms with Crippen molar-refractivity contribution in [1.29, 1.82) is 0 Å². The van der Waals surface area contributed by atoms with E-state index in [1.807, 2.05) is 50.2 Å². The lowest BCUT2D eigenvalue weighted by Crippen LogP contribution is -2.19. The molecule has 0 saturated carbocycles. The Labute approximate surface area is 152 Å². The summed E-state index contributed by atoms with van der Waals surface area (Å²) in [5, 5.41) is 0. The third kappa shape index (κ3) is 4.06. The number of benzene rings is 2. The highest BCUT2D eigenvalue weighted by molar-refractivity contribution is 6.68. The molecule has 0 amide bonds. The molecule has 0 saturated heterocycles. The van der Waals surface area contributed by atoms with Crippen molar-refractivity contribution >= 4 is 34.8 Å².